The van der Waals surface area contributed by atoms with Gasteiger partial charge in [0.2, 0.25) is 0 Å². The van der Waals surface area contributed by atoms with Crippen molar-refractivity contribution < 1.29 is 5.11 Å². The topological polar surface area (TPSA) is 48.9 Å². The maximum absolute atomic E-state index is 8.33. The summed E-state index contributed by atoms with van der Waals surface area (Å²) in [5.74, 6) is 0.611. The standard InChI is InChI=1S/C4H6N2O.ClH/c7-3-4-5-1-2-6-4;/h1-2,7H,3H2,(H,5,6);1H. The van der Waals surface area contributed by atoms with Crippen LogP contribution in [0.5, 0.6) is 0 Å². The molecule has 46 valence electrons. The van der Waals surface area contributed by atoms with E-state index >= 15 is 0 Å². The summed E-state index contributed by atoms with van der Waals surface area (Å²) in [7, 11) is 0. The van der Waals surface area contributed by atoms with Crippen LogP contribution in [0, 0.1) is 0 Å². The minimum Gasteiger partial charge on any atom is -0.388 e. The number of aliphatic hydroxyl groups excluding tert-OH is 1. The number of aliphatic hydroxyl groups is 1. The van der Waals surface area contributed by atoms with E-state index in [1.807, 2.05) is 0 Å². The molecule has 1 aromatic heterocycles. The van der Waals surface area contributed by atoms with Crippen LogP contribution in [-0.2, 0) is 6.61 Å². The highest BCUT2D eigenvalue weighted by molar-refractivity contribution is 5.85. The molecule has 4 heteroatoms. The molecule has 1 heterocycles. The van der Waals surface area contributed by atoms with Crippen molar-refractivity contribution in [1.29, 1.82) is 0 Å². The van der Waals surface area contributed by atoms with Gasteiger partial charge in [0.25, 0.3) is 0 Å². The van der Waals surface area contributed by atoms with Gasteiger partial charge in [-0.2, -0.15) is 0 Å². The van der Waals surface area contributed by atoms with Crippen molar-refractivity contribution in [3.8, 4) is 0 Å². The first kappa shape index (κ1) is 7.46. The summed E-state index contributed by atoms with van der Waals surface area (Å²) < 4.78 is 0. The van der Waals surface area contributed by atoms with E-state index in [9.17, 15) is 0 Å². The van der Waals surface area contributed by atoms with Crippen molar-refractivity contribution in [2.24, 2.45) is 0 Å². The fraction of sp³-hybridized carbons (Fsp3) is 0.250. The van der Waals surface area contributed by atoms with Crippen molar-refractivity contribution in [3.63, 3.8) is 0 Å². The summed E-state index contributed by atoms with van der Waals surface area (Å²) in [6.45, 7) is -0.00694. The molecule has 1 aromatic rings. The Bertz CT molecular complexity index is 129. The molecule has 0 spiro atoms. The zero-order valence-corrected chi connectivity index (χ0v) is 4.98. The average Bonchev–Trinajstić information content (AvgIpc) is 2.14. The van der Waals surface area contributed by atoms with Crippen molar-refractivity contribution in [2.45, 2.75) is 6.61 Å². The number of aromatic nitrogens is 2. The lowest BCUT2D eigenvalue weighted by molar-refractivity contribution is 0.272. The third-order valence-corrected chi connectivity index (χ3v) is 0.705. The largest absolute Gasteiger partial charge is 0.388 e. The maximum Gasteiger partial charge on any atom is 0.131 e. The van der Waals surface area contributed by atoms with Gasteiger partial charge < -0.3 is 10.1 Å². The Balaban J connectivity index is 0.000000490. The van der Waals surface area contributed by atoms with Crippen LogP contribution in [0.3, 0.4) is 0 Å². The molecule has 3 nitrogen and oxygen atoms in total. The number of H-pyrrole nitrogens is 1. The third kappa shape index (κ3) is 1.52. The molecule has 0 bridgehead atoms. The molecular formula is C4H7ClN2O. The van der Waals surface area contributed by atoms with Crippen molar-refractivity contribution in [3.05, 3.63) is 18.2 Å². The monoisotopic (exact) mass is 134 g/mol. The van der Waals surface area contributed by atoms with Crippen LogP contribution in [-0.4, -0.2) is 15.1 Å². The minimum absolute atomic E-state index is 0. The highest BCUT2D eigenvalue weighted by atomic mass is 35.5. The smallest absolute Gasteiger partial charge is 0.131 e. The Morgan fingerprint density at radius 2 is 2.50 bits per heavy atom. The normalized spacial score (nSPS) is 8.12. The van der Waals surface area contributed by atoms with E-state index in [-0.39, 0.29) is 19.0 Å². The lowest BCUT2D eigenvalue weighted by atomic mass is 10.7. The van der Waals surface area contributed by atoms with Crippen LogP contribution in [0.1, 0.15) is 5.82 Å². The molecule has 0 aliphatic carbocycles. The summed E-state index contributed by atoms with van der Waals surface area (Å²) in [6, 6.07) is 0. The van der Waals surface area contributed by atoms with Gasteiger partial charge in [0, 0.05) is 12.4 Å². The highest BCUT2D eigenvalue weighted by Gasteiger charge is 1.84. The van der Waals surface area contributed by atoms with E-state index in [4.69, 9.17) is 5.11 Å². The van der Waals surface area contributed by atoms with Gasteiger partial charge in [0.1, 0.15) is 12.4 Å². The minimum atomic E-state index is -0.00694. The fourth-order valence-electron chi connectivity index (χ4n) is 0.384. The Labute approximate surface area is 53.2 Å². The molecule has 0 unspecified atom stereocenters. The lowest BCUT2D eigenvalue weighted by Crippen LogP contribution is -1.82. The molecule has 2 N–H and O–H groups in total. The SMILES string of the molecule is Cl.OCc1ncc[nH]1. The van der Waals surface area contributed by atoms with E-state index in [0.717, 1.165) is 0 Å². The van der Waals surface area contributed by atoms with Crippen LogP contribution >= 0.6 is 12.4 Å². The van der Waals surface area contributed by atoms with Crippen molar-refractivity contribution in [2.75, 3.05) is 0 Å². The Morgan fingerprint density at radius 1 is 1.75 bits per heavy atom. The number of aromatic amines is 1. The van der Waals surface area contributed by atoms with Crippen LogP contribution in [0.2, 0.25) is 0 Å². The van der Waals surface area contributed by atoms with E-state index in [1.165, 1.54) is 0 Å². The summed E-state index contributed by atoms with van der Waals surface area (Å²) in [4.78, 5) is 6.45. The zero-order chi connectivity index (χ0) is 5.11. The summed E-state index contributed by atoms with van der Waals surface area (Å²) in [5.41, 5.74) is 0. The predicted octanol–water partition coefficient (Wildman–Crippen LogP) is 0.324. The van der Waals surface area contributed by atoms with Gasteiger partial charge in [-0.25, -0.2) is 4.98 Å². The highest BCUT2D eigenvalue weighted by Crippen LogP contribution is 1.83. The number of nitrogens with zero attached hydrogens (tertiary/aromatic N) is 1. The van der Waals surface area contributed by atoms with Gasteiger partial charge >= 0.3 is 0 Å². The van der Waals surface area contributed by atoms with Crippen LogP contribution in [0.25, 0.3) is 0 Å². The number of nitrogens with one attached hydrogen (secondary N) is 1. The van der Waals surface area contributed by atoms with Gasteiger partial charge in [-0.3, -0.25) is 0 Å². The van der Waals surface area contributed by atoms with E-state index in [1.54, 1.807) is 12.4 Å². The molecule has 0 atom stereocenters. The molecular weight excluding hydrogens is 128 g/mol. The average molecular weight is 135 g/mol. The van der Waals surface area contributed by atoms with Crippen molar-refractivity contribution >= 4 is 12.4 Å². The van der Waals surface area contributed by atoms with E-state index < -0.39 is 0 Å². The van der Waals surface area contributed by atoms with Gasteiger partial charge in [0.05, 0.1) is 0 Å². The Morgan fingerprint density at radius 3 is 2.75 bits per heavy atom. The molecule has 0 saturated carbocycles. The molecule has 0 fully saturated rings. The first-order valence-corrected chi connectivity index (χ1v) is 2.02. The van der Waals surface area contributed by atoms with E-state index in [0.29, 0.717) is 5.82 Å². The first-order chi connectivity index (χ1) is 3.43. The number of halogens is 1. The molecule has 0 amide bonds. The molecule has 0 aliphatic rings. The maximum atomic E-state index is 8.33. The lowest BCUT2D eigenvalue weighted by Gasteiger charge is -1.79. The molecule has 8 heavy (non-hydrogen) atoms. The quantitative estimate of drug-likeness (QED) is 0.582. The fourth-order valence-corrected chi connectivity index (χ4v) is 0.384. The van der Waals surface area contributed by atoms with Crippen LogP contribution in [0.15, 0.2) is 12.4 Å². The van der Waals surface area contributed by atoms with Gasteiger partial charge in [-0.15, -0.1) is 12.4 Å². The van der Waals surface area contributed by atoms with Crippen molar-refractivity contribution in [1.82, 2.24) is 9.97 Å². The summed E-state index contributed by atoms with van der Waals surface area (Å²) in [5, 5.41) is 8.33. The van der Waals surface area contributed by atoms with E-state index in [2.05, 4.69) is 9.97 Å². The Kier molecular flexibility index (Phi) is 3.23. The predicted molar refractivity (Wildman–Crippen MR) is 31.8 cm³/mol. The summed E-state index contributed by atoms with van der Waals surface area (Å²) in [6.07, 6.45) is 3.27. The number of imidazole rings is 1. The first-order valence-electron chi connectivity index (χ1n) is 2.02. The molecule has 1 rings (SSSR count). The van der Waals surface area contributed by atoms with Gasteiger partial charge in [-0.05, 0) is 0 Å². The van der Waals surface area contributed by atoms with Gasteiger partial charge in [0.15, 0.2) is 0 Å². The molecule has 0 saturated heterocycles. The van der Waals surface area contributed by atoms with Crippen LogP contribution in [0.4, 0.5) is 0 Å². The molecule has 0 radical (unpaired) electrons. The number of hydrogen-bond donors (Lipinski definition) is 2. The Hall–Kier alpha value is -0.540. The molecule has 0 aliphatic heterocycles. The second kappa shape index (κ2) is 3.46. The third-order valence-electron chi connectivity index (χ3n) is 0.705. The second-order valence-corrected chi connectivity index (χ2v) is 1.19. The zero-order valence-electron chi connectivity index (χ0n) is 4.16. The number of rotatable bonds is 1. The second-order valence-electron chi connectivity index (χ2n) is 1.19. The summed E-state index contributed by atoms with van der Waals surface area (Å²) >= 11 is 0. The van der Waals surface area contributed by atoms with Crippen LogP contribution < -0.4 is 0 Å². The molecule has 0 aromatic carbocycles. The van der Waals surface area contributed by atoms with Gasteiger partial charge in [-0.1, -0.05) is 0 Å². The number of hydrogen-bond acceptors (Lipinski definition) is 2.